The normalized spacial score (nSPS) is 20.1. The molecule has 15 heavy (non-hydrogen) atoms. The Morgan fingerprint density at radius 3 is 2.53 bits per heavy atom. The van der Waals surface area contributed by atoms with E-state index in [1.165, 1.54) is 5.56 Å². The Balaban J connectivity index is 2.25. The number of aromatic nitrogens is 1. The van der Waals surface area contributed by atoms with Crippen LogP contribution in [-0.4, -0.2) is 24.6 Å². The maximum absolute atomic E-state index is 7.48. The summed E-state index contributed by atoms with van der Waals surface area (Å²) in [5, 5.41) is 3.39. The van der Waals surface area contributed by atoms with Crippen molar-refractivity contribution < 1.29 is 0 Å². The smallest absolute Gasteiger partial charge is 0.0270 e. The zero-order valence-electron chi connectivity index (χ0n) is 9.00. The number of hydrogen-bond acceptors (Lipinski definition) is 2. The number of pyridine rings is 1. The third-order valence-electron chi connectivity index (χ3n) is 3.46. The Kier molecular flexibility index (Phi) is 3.34. The molecule has 1 aromatic rings. The molecule has 0 unspecified atom stereocenters. The Morgan fingerprint density at radius 2 is 1.93 bits per heavy atom. The topological polar surface area (TPSA) is 48.7 Å². The molecule has 1 aliphatic heterocycles. The van der Waals surface area contributed by atoms with Gasteiger partial charge in [0.25, 0.3) is 0 Å². The lowest BCUT2D eigenvalue weighted by Crippen LogP contribution is -2.40. The molecule has 0 aromatic carbocycles. The summed E-state index contributed by atoms with van der Waals surface area (Å²) in [7, 11) is 0. The van der Waals surface area contributed by atoms with Crippen molar-refractivity contribution in [1.82, 2.24) is 16.0 Å². The highest BCUT2D eigenvalue weighted by Gasteiger charge is 2.32. The van der Waals surface area contributed by atoms with Crippen molar-refractivity contribution in [3.8, 4) is 0 Å². The first-order valence-corrected chi connectivity index (χ1v) is 5.63. The molecule has 0 bridgehead atoms. The highest BCUT2D eigenvalue weighted by Crippen LogP contribution is 2.36. The van der Waals surface area contributed by atoms with Gasteiger partial charge in [-0.25, -0.2) is 0 Å². The Labute approximate surface area is 91.1 Å². The van der Waals surface area contributed by atoms with Crippen LogP contribution in [-0.2, 0) is 5.41 Å². The van der Waals surface area contributed by atoms with E-state index >= 15 is 0 Å². The molecule has 1 aromatic heterocycles. The van der Waals surface area contributed by atoms with Crippen molar-refractivity contribution in [1.29, 1.82) is 0 Å². The third kappa shape index (κ3) is 2.19. The molecule has 3 heteroatoms. The summed E-state index contributed by atoms with van der Waals surface area (Å²) < 4.78 is 0. The summed E-state index contributed by atoms with van der Waals surface area (Å²) in [4.78, 5) is 4.07. The van der Waals surface area contributed by atoms with Crippen molar-refractivity contribution in [3.63, 3.8) is 0 Å². The predicted octanol–water partition coefficient (Wildman–Crippen LogP) is 1.38. The highest BCUT2D eigenvalue weighted by atomic mass is 14.9. The standard InChI is InChI=1S/C12H18N3/c13-6-3-12(4-9-15-10-5-12)11-1-7-14-8-2-11/h1-2,7-8,13,15H,3-6,9-10H2. The quantitative estimate of drug-likeness (QED) is 0.808. The van der Waals surface area contributed by atoms with Crippen LogP contribution in [0.2, 0.25) is 0 Å². The van der Waals surface area contributed by atoms with Crippen LogP contribution >= 0.6 is 0 Å². The van der Waals surface area contributed by atoms with Crippen LogP contribution in [0.15, 0.2) is 24.5 Å². The summed E-state index contributed by atoms with van der Waals surface area (Å²) in [5.74, 6) is 0. The number of rotatable bonds is 3. The van der Waals surface area contributed by atoms with Crippen molar-refractivity contribution >= 4 is 0 Å². The summed E-state index contributed by atoms with van der Waals surface area (Å²) in [6, 6.07) is 4.22. The summed E-state index contributed by atoms with van der Waals surface area (Å²) in [5.41, 5.74) is 9.08. The van der Waals surface area contributed by atoms with Gasteiger partial charge in [-0.2, -0.15) is 0 Å². The van der Waals surface area contributed by atoms with E-state index in [0.717, 1.165) is 32.4 Å². The monoisotopic (exact) mass is 204 g/mol. The average molecular weight is 204 g/mol. The van der Waals surface area contributed by atoms with Gasteiger partial charge in [-0.1, -0.05) is 0 Å². The van der Waals surface area contributed by atoms with Gasteiger partial charge in [-0.15, -0.1) is 0 Å². The molecule has 1 saturated heterocycles. The lowest BCUT2D eigenvalue weighted by Gasteiger charge is -2.38. The van der Waals surface area contributed by atoms with Crippen LogP contribution < -0.4 is 11.1 Å². The van der Waals surface area contributed by atoms with Gasteiger partial charge in [-0.3, -0.25) is 10.7 Å². The molecule has 0 spiro atoms. The van der Waals surface area contributed by atoms with Gasteiger partial charge in [0.15, 0.2) is 0 Å². The number of hydrogen-bond donors (Lipinski definition) is 1. The lowest BCUT2D eigenvalue weighted by molar-refractivity contribution is 0.290. The molecule has 0 aliphatic carbocycles. The van der Waals surface area contributed by atoms with E-state index < -0.39 is 0 Å². The number of nitrogens with one attached hydrogen (secondary N) is 2. The van der Waals surface area contributed by atoms with Gasteiger partial charge >= 0.3 is 0 Å². The molecule has 2 N–H and O–H groups in total. The van der Waals surface area contributed by atoms with E-state index in [9.17, 15) is 0 Å². The molecule has 0 amide bonds. The molecule has 1 aliphatic rings. The first-order valence-electron chi connectivity index (χ1n) is 5.63. The van der Waals surface area contributed by atoms with Gasteiger partial charge in [0, 0.05) is 18.9 Å². The Morgan fingerprint density at radius 1 is 1.27 bits per heavy atom. The Hall–Kier alpha value is -0.930. The average Bonchev–Trinajstić information content (AvgIpc) is 2.32. The van der Waals surface area contributed by atoms with Crippen molar-refractivity contribution in [2.24, 2.45) is 0 Å². The lowest BCUT2D eigenvalue weighted by atomic mass is 9.71. The molecular formula is C12H18N3. The van der Waals surface area contributed by atoms with E-state index in [4.69, 9.17) is 5.73 Å². The van der Waals surface area contributed by atoms with Crippen molar-refractivity contribution in [2.75, 3.05) is 19.6 Å². The van der Waals surface area contributed by atoms with Crippen LogP contribution in [0.3, 0.4) is 0 Å². The summed E-state index contributed by atoms with van der Waals surface area (Å²) >= 11 is 0. The van der Waals surface area contributed by atoms with Gasteiger partial charge in [0.2, 0.25) is 0 Å². The molecule has 81 valence electrons. The maximum atomic E-state index is 7.48. The molecular weight excluding hydrogens is 186 g/mol. The molecule has 3 nitrogen and oxygen atoms in total. The van der Waals surface area contributed by atoms with Gasteiger partial charge < -0.3 is 5.32 Å². The largest absolute Gasteiger partial charge is 0.317 e. The molecule has 1 fully saturated rings. The van der Waals surface area contributed by atoms with Crippen LogP contribution in [0.5, 0.6) is 0 Å². The van der Waals surface area contributed by atoms with E-state index in [-0.39, 0.29) is 5.41 Å². The zero-order valence-corrected chi connectivity index (χ0v) is 9.00. The van der Waals surface area contributed by atoms with E-state index in [2.05, 4.69) is 22.4 Å². The minimum absolute atomic E-state index is 0.232. The van der Waals surface area contributed by atoms with Crippen LogP contribution in [0, 0.1) is 0 Å². The highest BCUT2D eigenvalue weighted by molar-refractivity contribution is 5.23. The maximum Gasteiger partial charge on any atom is 0.0270 e. The van der Waals surface area contributed by atoms with Gasteiger partial charge in [-0.05, 0) is 55.5 Å². The fourth-order valence-corrected chi connectivity index (χ4v) is 2.53. The van der Waals surface area contributed by atoms with Crippen LogP contribution in [0.1, 0.15) is 24.8 Å². The second kappa shape index (κ2) is 4.73. The van der Waals surface area contributed by atoms with Crippen LogP contribution in [0.25, 0.3) is 0 Å². The third-order valence-corrected chi connectivity index (χ3v) is 3.46. The van der Waals surface area contributed by atoms with Crippen LogP contribution in [0.4, 0.5) is 0 Å². The predicted molar refractivity (Wildman–Crippen MR) is 60.6 cm³/mol. The first-order chi connectivity index (χ1) is 7.37. The fraction of sp³-hybridized carbons (Fsp3) is 0.583. The second-order valence-electron chi connectivity index (χ2n) is 4.27. The Bertz CT molecular complexity index is 285. The van der Waals surface area contributed by atoms with E-state index in [1.807, 2.05) is 12.4 Å². The number of nitrogens with zero attached hydrogens (tertiary/aromatic N) is 1. The summed E-state index contributed by atoms with van der Waals surface area (Å²) in [6.07, 6.45) is 7.00. The minimum Gasteiger partial charge on any atom is -0.317 e. The zero-order chi connectivity index (χ0) is 10.6. The van der Waals surface area contributed by atoms with Gasteiger partial charge in [0.05, 0.1) is 0 Å². The summed E-state index contributed by atoms with van der Waals surface area (Å²) in [6.45, 7) is 2.66. The van der Waals surface area contributed by atoms with E-state index in [0.29, 0.717) is 6.54 Å². The van der Waals surface area contributed by atoms with Crippen molar-refractivity contribution in [3.05, 3.63) is 30.1 Å². The van der Waals surface area contributed by atoms with E-state index in [1.54, 1.807) is 0 Å². The number of piperidine rings is 1. The molecule has 0 saturated carbocycles. The van der Waals surface area contributed by atoms with Gasteiger partial charge in [0.1, 0.15) is 0 Å². The second-order valence-corrected chi connectivity index (χ2v) is 4.27. The van der Waals surface area contributed by atoms with Crippen molar-refractivity contribution in [2.45, 2.75) is 24.7 Å². The molecule has 1 radical (unpaired) electrons. The fourth-order valence-electron chi connectivity index (χ4n) is 2.53. The molecule has 0 atom stereocenters. The molecule has 2 rings (SSSR count). The molecule has 2 heterocycles. The minimum atomic E-state index is 0.232. The first kappa shape index (κ1) is 10.6. The SMILES string of the molecule is [NH]CCC1(c2ccncc2)CCNCC1.